The van der Waals surface area contributed by atoms with Crippen LogP contribution in [0.5, 0.6) is 11.5 Å². The van der Waals surface area contributed by atoms with Crippen molar-refractivity contribution in [1.82, 2.24) is 0 Å². The Morgan fingerprint density at radius 2 is 1.40 bits per heavy atom. The third-order valence-corrected chi connectivity index (χ3v) is 2.27. The van der Waals surface area contributed by atoms with Gasteiger partial charge in [0.25, 0.3) is 0 Å². The van der Waals surface area contributed by atoms with Crippen LogP contribution < -0.4 is 9.47 Å². The van der Waals surface area contributed by atoms with Crippen LogP contribution in [0.3, 0.4) is 0 Å². The van der Waals surface area contributed by atoms with Crippen LogP contribution >= 0.6 is 0 Å². The molecular formula is C13H20O2. The van der Waals surface area contributed by atoms with Crippen LogP contribution in [0.25, 0.3) is 0 Å². The van der Waals surface area contributed by atoms with Crippen molar-refractivity contribution >= 4 is 0 Å². The van der Waals surface area contributed by atoms with E-state index in [1.807, 2.05) is 13.8 Å². The lowest BCUT2D eigenvalue weighted by atomic mass is 10.1. The predicted molar refractivity (Wildman–Crippen MR) is 62.9 cm³/mol. The Labute approximate surface area is 92.2 Å². The Hall–Kier alpha value is -1.18. The van der Waals surface area contributed by atoms with Gasteiger partial charge in [-0.15, -0.1) is 0 Å². The Bertz CT molecular complexity index is 291. The molecule has 0 saturated carbocycles. The van der Waals surface area contributed by atoms with E-state index in [-0.39, 0.29) is 0 Å². The molecule has 0 spiro atoms. The number of benzene rings is 1. The average Bonchev–Trinajstić information content (AvgIpc) is 2.18. The fourth-order valence-corrected chi connectivity index (χ4v) is 1.67. The third kappa shape index (κ3) is 2.88. The highest BCUT2D eigenvalue weighted by atomic mass is 16.5. The molecule has 1 aromatic rings. The van der Waals surface area contributed by atoms with Crippen molar-refractivity contribution in [2.45, 2.75) is 34.1 Å². The van der Waals surface area contributed by atoms with Gasteiger partial charge in [0.15, 0.2) is 0 Å². The minimum Gasteiger partial charge on any atom is -0.493 e. The van der Waals surface area contributed by atoms with E-state index in [1.54, 1.807) is 0 Å². The number of hydrogen-bond donors (Lipinski definition) is 0. The van der Waals surface area contributed by atoms with E-state index in [1.165, 1.54) is 11.1 Å². The second kappa shape index (κ2) is 5.64. The highest BCUT2D eigenvalue weighted by Crippen LogP contribution is 2.31. The fourth-order valence-electron chi connectivity index (χ4n) is 1.67. The van der Waals surface area contributed by atoms with E-state index in [0.29, 0.717) is 13.2 Å². The van der Waals surface area contributed by atoms with Gasteiger partial charge in [-0.3, -0.25) is 0 Å². The van der Waals surface area contributed by atoms with Gasteiger partial charge in [0.2, 0.25) is 0 Å². The molecule has 0 aliphatic heterocycles. The van der Waals surface area contributed by atoms with Gasteiger partial charge in [0.05, 0.1) is 13.2 Å². The second-order valence-corrected chi connectivity index (χ2v) is 3.46. The van der Waals surface area contributed by atoms with Gasteiger partial charge in [-0.05, 0) is 44.9 Å². The predicted octanol–water partition coefficient (Wildman–Crippen LogP) is 3.35. The SMILES string of the molecule is CCOc1cc(C)cc(OCC)c1CC. The van der Waals surface area contributed by atoms with E-state index >= 15 is 0 Å². The summed E-state index contributed by atoms with van der Waals surface area (Å²) in [6.07, 6.45) is 0.935. The summed E-state index contributed by atoms with van der Waals surface area (Å²) in [6.45, 7) is 9.58. The molecule has 0 unspecified atom stereocenters. The van der Waals surface area contributed by atoms with Gasteiger partial charge in [-0.2, -0.15) is 0 Å². The molecule has 0 saturated heterocycles. The zero-order valence-electron chi connectivity index (χ0n) is 10.1. The summed E-state index contributed by atoms with van der Waals surface area (Å²) in [5, 5.41) is 0. The molecule has 0 radical (unpaired) electrons. The molecule has 1 rings (SSSR count). The molecule has 84 valence electrons. The molecule has 0 atom stereocenters. The maximum Gasteiger partial charge on any atom is 0.126 e. The maximum atomic E-state index is 5.62. The third-order valence-electron chi connectivity index (χ3n) is 2.27. The smallest absolute Gasteiger partial charge is 0.126 e. The Morgan fingerprint density at radius 1 is 0.933 bits per heavy atom. The van der Waals surface area contributed by atoms with E-state index in [4.69, 9.17) is 9.47 Å². The minimum atomic E-state index is 0.696. The van der Waals surface area contributed by atoms with E-state index < -0.39 is 0 Å². The highest BCUT2D eigenvalue weighted by molar-refractivity contribution is 5.47. The van der Waals surface area contributed by atoms with Crippen LogP contribution in [0.1, 0.15) is 31.9 Å². The molecule has 0 fully saturated rings. The van der Waals surface area contributed by atoms with Crippen LogP contribution in [0.15, 0.2) is 12.1 Å². The monoisotopic (exact) mass is 208 g/mol. The molecule has 0 amide bonds. The van der Waals surface area contributed by atoms with Crippen molar-refractivity contribution in [3.8, 4) is 11.5 Å². The lowest BCUT2D eigenvalue weighted by Gasteiger charge is -2.15. The molecule has 2 heteroatoms. The van der Waals surface area contributed by atoms with Gasteiger partial charge in [-0.25, -0.2) is 0 Å². The Balaban J connectivity index is 3.12. The molecule has 0 N–H and O–H groups in total. The molecule has 0 aromatic heterocycles. The number of hydrogen-bond acceptors (Lipinski definition) is 2. The first-order valence-electron chi connectivity index (χ1n) is 5.62. The second-order valence-electron chi connectivity index (χ2n) is 3.46. The normalized spacial score (nSPS) is 10.1. The van der Waals surface area contributed by atoms with Crippen molar-refractivity contribution in [1.29, 1.82) is 0 Å². The van der Waals surface area contributed by atoms with Crippen molar-refractivity contribution in [3.05, 3.63) is 23.3 Å². The molecule has 1 aromatic carbocycles. The van der Waals surface area contributed by atoms with E-state index in [0.717, 1.165) is 17.9 Å². The van der Waals surface area contributed by atoms with Crippen molar-refractivity contribution in [3.63, 3.8) is 0 Å². The molecule has 2 nitrogen and oxygen atoms in total. The molecule has 0 aliphatic rings. The lowest BCUT2D eigenvalue weighted by molar-refractivity contribution is 0.316. The van der Waals surface area contributed by atoms with Crippen molar-refractivity contribution < 1.29 is 9.47 Å². The summed E-state index contributed by atoms with van der Waals surface area (Å²) in [7, 11) is 0. The summed E-state index contributed by atoms with van der Waals surface area (Å²) < 4.78 is 11.2. The van der Waals surface area contributed by atoms with Gasteiger partial charge < -0.3 is 9.47 Å². The number of ether oxygens (including phenoxy) is 2. The molecule has 0 bridgehead atoms. The zero-order valence-corrected chi connectivity index (χ0v) is 10.1. The summed E-state index contributed by atoms with van der Waals surface area (Å²) in [6, 6.07) is 4.15. The minimum absolute atomic E-state index is 0.696. The van der Waals surface area contributed by atoms with Crippen molar-refractivity contribution in [2.75, 3.05) is 13.2 Å². The summed E-state index contributed by atoms with van der Waals surface area (Å²) in [4.78, 5) is 0. The Morgan fingerprint density at radius 3 is 1.73 bits per heavy atom. The average molecular weight is 208 g/mol. The standard InChI is InChI=1S/C13H20O2/c1-5-11-12(14-6-2)8-10(4)9-13(11)15-7-3/h8-9H,5-7H2,1-4H3. The van der Waals surface area contributed by atoms with E-state index in [2.05, 4.69) is 26.0 Å². The quantitative estimate of drug-likeness (QED) is 0.738. The maximum absolute atomic E-state index is 5.62. The van der Waals surface area contributed by atoms with Crippen LogP contribution in [0.4, 0.5) is 0 Å². The summed E-state index contributed by atoms with van der Waals surface area (Å²) in [5.41, 5.74) is 2.35. The summed E-state index contributed by atoms with van der Waals surface area (Å²) >= 11 is 0. The molecular weight excluding hydrogens is 188 g/mol. The first-order valence-corrected chi connectivity index (χ1v) is 5.62. The van der Waals surface area contributed by atoms with Crippen LogP contribution in [0.2, 0.25) is 0 Å². The van der Waals surface area contributed by atoms with Gasteiger partial charge in [-0.1, -0.05) is 6.92 Å². The molecule has 0 heterocycles. The van der Waals surface area contributed by atoms with Crippen LogP contribution in [0, 0.1) is 6.92 Å². The fraction of sp³-hybridized carbons (Fsp3) is 0.538. The number of aryl methyl sites for hydroxylation is 1. The van der Waals surface area contributed by atoms with Gasteiger partial charge in [0.1, 0.15) is 11.5 Å². The first-order chi connectivity index (χ1) is 7.22. The zero-order chi connectivity index (χ0) is 11.3. The van der Waals surface area contributed by atoms with Crippen LogP contribution in [-0.4, -0.2) is 13.2 Å². The first kappa shape index (κ1) is 11.9. The lowest BCUT2D eigenvalue weighted by Crippen LogP contribution is -2.01. The van der Waals surface area contributed by atoms with E-state index in [9.17, 15) is 0 Å². The molecule has 0 aliphatic carbocycles. The number of rotatable bonds is 5. The van der Waals surface area contributed by atoms with Crippen LogP contribution in [-0.2, 0) is 6.42 Å². The topological polar surface area (TPSA) is 18.5 Å². The van der Waals surface area contributed by atoms with Gasteiger partial charge in [0, 0.05) is 5.56 Å². The van der Waals surface area contributed by atoms with Crippen molar-refractivity contribution in [2.24, 2.45) is 0 Å². The highest BCUT2D eigenvalue weighted by Gasteiger charge is 2.09. The molecule has 15 heavy (non-hydrogen) atoms. The largest absolute Gasteiger partial charge is 0.493 e. The van der Waals surface area contributed by atoms with Gasteiger partial charge >= 0.3 is 0 Å². The Kier molecular flexibility index (Phi) is 4.47. The summed E-state index contributed by atoms with van der Waals surface area (Å²) in [5.74, 6) is 1.92.